The Bertz CT molecular complexity index is 806. The molecule has 2 aromatic rings. The van der Waals surface area contributed by atoms with Crippen molar-refractivity contribution in [2.45, 2.75) is 19.8 Å². The van der Waals surface area contributed by atoms with Crippen LogP contribution in [-0.4, -0.2) is 32.6 Å². The van der Waals surface area contributed by atoms with Crippen LogP contribution < -0.4 is 9.47 Å². The Balaban J connectivity index is 2.41. The number of hydrogen-bond donors (Lipinski definition) is 0. The minimum absolute atomic E-state index is 0.222. The lowest BCUT2D eigenvalue weighted by molar-refractivity contribution is -0.151. The molecule has 0 saturated carbocycles. The van der Waals surface area contributed by atoms with E-state index in [-0.39, 0.29) is 12.4 Å². The number of esters is 1. The van der Waals surface area contributed by atoms with E-state index in [0.717, 1.165) is 16.9 Å². The van der Waals surface area contributed by atoms with Gasteiger partial charge in [0.25, 0.3) is 0 Å². The zero-order valence-electron chi connectivity index (χ0n) is 16.7. The van der Waals surface area contributed by atoms with Crippen LogP contribution in [0.3, 0.4) is 0 Å². The Hall–Kier alpha value is -3.08. The van der Waals surface area contributed by atoms with E-state index >= 15 is 0 Å². The number of hydrogen-bond acceptors (Lipinski definition) is 5. The van der Waals surface area contributed by atoms with Gasteiger partial charge in [-0.3, -0.25) is 9.59 Å². The molecule has 0 saturated heterocycles. The highest BCUT2D eigenvalue weighted by Gasteiger charge is 2.33. The Morgan fingerprint density at radius 2 is 1.46 bits per heavy atom. The number of benzene rings is 2. The molecule has 0 aliphatic carbocycles. The number of Topliss-reactive ketones (excluding diaryl/α,β-unsaturated/α-hetero) is 1. The van der Waals surface area contributed by atoms with Crippen LogP contribution in [0, 0.1) is 5.92 Å². The first kappa shape index (κ1) is 21.2. The zero-order chi connectivity index (χ0) is 20.5. The second-order valence-electron chi connectivity index (χ2n) is 6.27. The third-order valence-corrected chi connectivity index (χ3v) is 4.45. The van der Waals surface area contributed by atoms with Gasteiger partial charge in [0.05, 0.1) is 20.8 Å². The summed E-state index contributed by atoms with van der Waals surface area (Å²) < 4.78 is 15.5. The summed E-state index contributed by atoms with van der Waals surface area (Å²) >= 11 is 0. The van der Waals surface area contributed by atoms with Crippen LogP contribution in [0.2, 0.25) is 0 Å². The second kappa shape index (κ2) is 10.3. The molecule has 5 heteroatoms. The predicted octanol–water partition coefficient (Wildman–Crippen LogP) is 4.27. The molecule has 2 atom stereocenters. The third kappa shape index (κ3) is 5.46. The quantitative estimate of drug-likeness (QED) is 0.479. The molecule has 0 spiro atoms. The SMILES string of the molecule is CCOC(=O)C(C(C)=O)C(/C=C/c1ccc(OC)cc1)c1ccc(OC)cc1. The maximum Gasteiger partial charge on any atom is 0.317 e. The Morgan fingerprint density at radius 1 is 0.929 bits per heavy atom. The van der Waals surface area contributed by atoms with Crippen LogP contribution in [0.25, 0.3) is 6.08 Å². The van der Waals surface area contributed by atoms with Crippen LogP contribution in [0.1, 0.15) is 30.9 Å². The first-order valence-corrected chi connectivity index (χ1v) is 9.13. The van der Waals surface area contributed by atoms with Gasteiger partial charge in [-0.2, -0.15) is 0 Å². The summed E-state index contributed by atoms with van der Waals surface area (Å²) in [7, 11) is 3.20. The van der Waals surface area contributed by atoms with E-state index in [4.69, 9.17) is 14.2 Å². The number of rotatable bonds is 9. The number of ketones is 1. The Labute approximate surface area is 165 Å². The van der Waals surface area contributed by atoms with Crippen LogP contribution in [0.15, 0.2) is 54.6 Å². The largest absolute Gasteiger partial charge is 0.497 e. The smallest absolute Gasteiger partial charge is 0.317 e. The second-order valence-corrected chi connectivity index (χ2v) is 6.27. The Kier molecular flexibility index (Phi) is 7.81. The molecular weight excluding hydrogens is 356 g/mol. The average molecular weight is 382 g/mol. The predicted molar refractivity (Wildman–Crippen MR) is 109 cm³/mol. The average Bonchev–Trinajstić information content (AvgIpc) is 2.71. The first-order chi connectivity index (χ1) is 13.5. The van der Waals surface area contributed by atoms with Gasteiger partial charge in [-0.25, -0.2) is 0 Å². The van der Waals surface area contributed by atoms with Crippen molar-refractivity contribution in [3.8, 4) is 11.5 Å². The summed E-state index contributed by atoms with van der Waals surface area (Å²) in [4.78, 5) is 24.8. The number of carbonyl (C=O) groups excluding carboxylic acids is 2. The number of ether oxygens (including phenoxy) is 3. The number of methoxy groups -OCH3 is 2. The van der Waals surface area contributed by atoms with E-state index in [1.54, 1.807) is 21.1 Å². The van der Waals surface area contributed by atoms with Crippen molar-refractivity contribution in [3.63, 3.8) is 0 Å². The van der Waals surface area contributed by atoms with Crippen molar-refractivity contribution >= 4 is 17.8 Å². The molecule has 2 rings (SSSR count). The highest BCUT2D eigenvalue weighted by atomic mass is 16.5. The first-order valence-electron chi connectivity index (χ1n) is 9.13. The van der Waals surface area contributed by atoms with Gasteiger partial charge in [-0.1, -0.05) is 36.4 Å². The Morgan fingerprint density at radius 3 is 1.93 bits per heavy atom. The van der Waals surface area contributed by atoms with Gasteiger partial charge in [-0.15, -0.1) is 0 Å². The van der Waals surface area contributed by atoms with Crippen molar-refractivity contribution < 1.29 is 23.8 Å². The molecule has 0 aliphatic heterocycles. The zero-order valence-corrected chi connectivity index (χ0v) is 16.7. The highest BCUT2D eigenvalue weighted by molar-refractivity contribution is 5.99. The molecule has 28 heavy (non-hydrogen) atoms. The van der Waals surface area contributed by atoms with Gasteiger partial charge in [0.2, 0.25) is 0 Å². The van der Waals surface area contributed by atoms with Gasteiger partial charge >= 0.3 is 5.97 Å². The minimum atomic E-state index is -0.914. The summed E-state index contributed by atoms with van der Waals surface area (Å²) in [6, 6.07) is 14.9. The molecule has 0 amide bonds. The molecule has 5 nitrogen and oxygen atoms in total. The van der Waals surface area contributed by atoms with E-state index in [0.29, 0.717) is 5.75 Å². The summed E-state index contributed by atoms with van der Waals surface area (Å²) in [5.41, 5.74) is 1.77. The molecule has 0 radical (unpaired) electrons. The molecule has 0 fully saturated rings. The van der Waals surface area contributed by atoms with Crippen molar-refractivity contribution in [1.82, 2.24) is 0 Å². The molecular formula is C23H26O5. The topological polar surface area (TPSA) is 61.8 Å². The van der Waals surface area contributed by atoms with E-state index < -0.39 is 17.8 Å². The molecule has 0 N–H and O–H groups in total. The molecule has 0 heterocycles. The normalized spacial score (nSPS) is 13.0. The van der Waals surface area contributed by atoms with Gasteiger partial charge in [-0.05, 0) is 49.2 Å². The minimum Gasteiger partial charge on any atom is -0.497 e. The van der Waals surface area contributed by atoms with Gasteiger partial charge < -0.3 is 14.2 Å². The van der Waals surface area contributed by atoms with Crippen molar-refractivity contribution in [2.75, 3.05) is 20.8 Å². The van der Waals surface area contributed by atoms with E-state index in [2.05, 4.69) is 0 Å². The lowest BCUT2D eigenvalue weighted by atomic mass is 9.83. The fraction of sp³-hybridized carbons (Fsp3) is 0.304. The number of allylic oxidation sites excluding steroid dienone is 1. The maximum absolute atomic E-state index is 12.5. The maximum atomic E-state index is 12.5. The molecule has 0 aromatic heterocycles. The van der Waals surface area contributed by atoms with Crippen molar-refractivity contribution in [1.29, 1.82) is 0 Å². The van der Waals surface area contributed by atoms with Gasteiger partial charge in [0.15, 0.2) is 0 Å². The summed E-state index contributed by atoms with van der Waals surface area (Å²) in [5, 5.41) is 0. The molecule has 2 unspecified atom stereocenters. The molecule has 0 bridgehead atoms. The van der Waals surface area contributed by atoms with Crippen LogP contribution >= 0.6 is 0 Å². The van der Waals surface area contributed by atoms with Crippen molar-refractivity contribution in [2.24, 2.45) is 5.92 Å². The van der Waals surface area contributed by atoms with Crippen LogP contribution in [0.5, 0.6) is 11.5 Å². The molecule has 0 aliphatic rings. The summed E-state index contributed by atoms with van der Waals surface area (Å²) in [6.07, 6.45) is 3.76. The van der Waals surface area contributed by atoms with Gasteiger partial charge in [0.1, 0.15) is 23.2 Å². The lowest BCUT2D eigenvalue weighted by Gasteiger charge is -2.22. The third-order valence-electron chi connectivity index (χ3n) is 4.45. The standard InChI is InChI=1S/C23H26O5/c1-5-28-23(25)22(16(2)24)21(18-9-13-20(27-4)14-10-18)15-8-17-6-11-19(26-3)12-7-17/h6-15,21-22H,5H2,1-4H3/b15-8+. The van der Waals surface area contributed by atoms with Crippen LogP contribution in [-0.2, 0) is 14.3 Å². The molecule has 148 valence electrons. The summed E-state index contributed by atoms with van der Waals surface area (Å²) in [6.45, 7) is 3.37. The fourth-order valence-electron chi connectivity index (χ4n) is 2.97. The molecule has 2 aromatic carbocycles. The fourth-order valence-corrected chi connectivity index (χ4v) is 2.97. The van der Waals surface area contributed by atoms with E-state index in [1.165, 1.54) is 6.92 Å². The van der Waals surface area contributed by atoms with E-state index in [9.17, 15) is 9.59 Å². The number of carbonyl (C=O) groups is 2. The highest BCUT2D eigenvalue weighted by Crippen LogP contribution is 2.31. The monoisotopic (exact) mass is 382 g/mol. The van der Waals surface area contributed by atoms with Crippen molar-refractivity contribution in [3.05, 3.63) is 65.7 Å². The van der Waals surface area contributed by atoms with Gasteiger partial charge in [0, 0.05) is 5.92 Å². The van der Waals surface area contributed by atoms with Crippen LogP contribution in [0.4, 0.5) is 0 Å². The van der Waals surface area contributed by atoms with E-state index in [1.807, 2.05) is 60.7 Å². The lowest BCUT2D eigenvalue weighted by Crippen LogP contribution is -2.29. The summed E-state index contributed by atoms with van der Waals surface area (Å²) in [5.74, 6) is -0.657.